The Morgan fingerprint density at radius 1 is 0.440 bits per heavy atom. The van der Waals surface area contributed by atoms with Crippen LogP contribution in [0.3, 0.4) is 0 Å². The largest absolute Gasteiger partial charge is 0.351 e. The lowest BCUT2D eigenvalue weighted by Gasteiger charge is -2.11. The standard InChI is InChI=1S/C52H62N22O10/c1-67-14-13-55-41(67)50(81)66-40-27-74(8)43(64-40)52(83)62-32-19-37(71(5)25-32)48(79)59-29-17-35(69(3)22-29)46(77)57-12-10-33(53)44(75)65-39-26-73(7)42(63-39)51(82)61-31-20-38(72(6)24-31)49(80)60-30-18-36(70(4)23-30)47(78)58-28-16-34(68(2)21-28)45(76)56-11-9-15-84-54/h13-14,16-27,33H,9-12,15,53-54H2,1-8H3,(H,56,76)(H,57,77)(H,58,78)(H,59,79)(H,60,80)(H,61,82)(H,62,83)(H,65,75)(H,66,81)/t33-/m1/s1. The first-order valence-corrected chi connectivity index (χ1v) is 25.6. The van der Waals surface area contributed by atoms with Gasteiger partial charge in [-0.2, -0.15) is 0 Å². The number of carbonyl (C=O) groups is 9. The van der Waals surface area contributed by atoms with Crippen molar-refractivity contribution in [1.29, 1.82) is 0 Å². The van der Waals surface area contributed by atoms with Gasteiger partial charge in [0.1, 0.15) is 28.5 Å². The Balaban J connectivity index is 0.772. The van der Waals surface area contributed by atoms with Gasteiger partial charge in [-0.3, -0.25) is 43.2 Å². The molecule has 9 amide bonds. The molecule has 0 aromatic carbocycles. The van der Waals surface area contributed by atoms with Crippen molar-refractivity contribution < 1.29 is 48.0 Å². The van der Waals surface area contributed by atoms with Gasteiger partial charge in [-0.15, -0.1) is 0 Å². The molecule has 8 heterocycles. The molecule has 0 aliphatic rings. The van der Waals surface area contributed by atoms with Crippen LogP contribution in [-0.2, 0) is 66.0 Å². The van der Waals surface area contributed by atoms with Crippen molar-refractivity contribution in [2.24, 2.45) is 68.0 Å². The molecule has 1 atom stereocenters. The molecule has 32 heteroatoms. The number of anilines is 7. The molecule has 0 saturated carbocycles. The number of nitrogens with zero attached hydrogens (tertiary/aromatic N) is 11. The highest BCUT2D eigenvalue weighted by Crippen LogP contribution is 2.23. The molecule has 0 fully saturated rings. The van der Waals surface area contributed by atoms with E-state index in [1.54, 1.807) is 79.5 Å². The van der Waals surface area contributed by atoms with Gasteiger partial charge in [0.25, 0.3) is 47.3 Å². The van der Waals surface area contributed by atoms with Crippen molar-refractivity contribution in [3.05, 3.63) is 132 Å². The second kappa shape index (κ2) is 25.3. The minimum absolute atomic E-state index is 0.0122. The van der Waals surface area contributed by atoms with Crippen LogP contribution >= 0.6 is 0 Å². The third-order valence-electron chi connectivity index (χ3n) is 13.0. The van der Waals surface area contributed by atoms with E-state index in [1.807, 2.05) is 0 Å². The van der Waals surface area contributed by atoms with Crippen LogP contribution in [0.2, 0.25) is 0 Å². The summed E-state index contributed by atoms with van der Waals surface area (Å²) in [5, 5.41) is 24.4. The third kappa shape index (κ3) is 13.8. The molecule has 0 unspecified atom stereocenters. The molecule has 440 valence electrons. The zero-order chi connectivity index (χ0) is 60.7. The van der Waals surface area contributed by atoms with E-state index < -0.39 is 53.3 Å². The molecule has 13 N–H and O–H groups in total. The first kappa shape index (κ1) is 59.3. The molecule has 0 aliphatic carbocycles. The van der Waals surface area contributed by atoms with Crippen molar-refractivity contribution in [2.75, 3.05) is 56.9 Å². The Kier molecular flexibility index (Phi) is 17.8. The smallest absolute Gasteiger partial charge is 0.292 e. The molecule has 8 aromatic heterocycles. The molecular weight excluding hydrogens is 1090 g/mol. The average molecular weight is 1160 g/mol. The molecule has 8 aromatic rings. The number of carbonyl (C=O) groups excluding carboxylic acids is 9. The Hall–Kier alpha value is -10.9. The second-order valence-corrected chi connectivity index (χ2v) is 19.5. The van der Waals surface area contributed by atoms with Crippen LogP contribution in [0.4, 0.5) is 40.1 Å². The van der Waals surface area contributed by atoms with E-state index >= 15 is 0 Å². The number of rotatable bonds is 23. The molecule has 32 nitrogen and oxygen atoms in total. The van der Waals surface area contributed by atoms with Crippen molar-refractivity contribution in [3.8, 4) is 0 Å². The van der Waals surface area contributed by atoms with Gasteiger partial charge in [-0.25, -0.2) is 20.8 Å². The molecule has 0 bridgehead atoms. The number of nitrogens with one attached hydrogen (secondary N) is 9. The molecule has 0 saturated heterocycles. The molecule has 8 rings (SSSR count). The number of amides is 9. The Bertz CT molecular complexity index is 3860. The topological polar surface area (TPSA) is 401 Å². The van der Waals surface area contributed by atoms with E-state index in [4.69, 9.17) is 11.6 Å². The monoisotopic (exact) mass is 1150 g/mol. The van der Waals surface area contributed by atoms with Gasteiger partial charge in [0, 0.05) is 125 Å². The maximum absolute atomic E-state index is 13.4. The number of aryl methyl sites for hydroxylation is 8. The van der Waals surface area contributed by atoms with E-state index in [0.717, 1.165) is 0 Å². The minimum Gasteiger partial charge on any atom is -0.351 e. The Morgan fingerprint density at radius 2 is 0.798 bits per heavy atom. The summed E-state index contributed by atoms with van der Waals surface area (Å²) in [6.45, 7) is 0.620. The maximum atomic E-state index is 13.4. The minimum atomic E-state index is -1.11. The zero-order valence-electron chi connectivity index (χ0n) is 46.9. The van der Waals surface area contributed by atoms with E-state index in [9.17, 15) is 43.2 Å². The van der Waals surface area contributed by atoms with Crippen LogP contribution in [0, 0.1) is 0 Å². The fourth-order valence-corrected chi connectivity index (χ4v) is 8.71. The van der Waals surface area contributed by atoms with E-state index in [2.05, 4.69) is 67.6 Å². The van der Waals surface area contributed by atoms with Gasteiger partial charge in [-0.1, -0.05) is 0 Å². The lowest BCUT2D eigenvalue weighted by atomic mass is 10.2. The zero-order valence-corrected chi connectivity index (χ0v) is 46.9. The van der Waals surface area contributed by atoms with Gasteiger partial charge in [0.15, 0.2) is 17.5 Å². The molecule has 0 radical (unpaired) electrons. The van der Waals surface area contributed by atoms with Gasteiger partial charge in [-0.05, 0) is 43.2 Å². The summed E-state index contributed by atoms with van der Waals surface area (Å²) in [7, 11) is 12.9. The molecule has 0 aliphatic heterocycles. The normalized spacial score (nSPS) is 11.4. The fourth-order valence-electron chi connectivity index (χ4n) is 8.71. The summed E-state index contributed by atoms with van der Waals surface area (Å²) in [5.41, 5.74) is 8.76. The third-order valence-corrected chi connectivity index (χ3v) is 13.0. The first-order valence-electron chi connectivity index (χ1n) is 25.6. The number of nitrogens with two attached hydrogens (primary N) is 2. The SMILES string of the molecule is Cn1cc(NC(=O)c2cc(NC(=O)c3cc(NC(=O)c4nc(NC(=O)[C@H](N)CCNC(=O)c5cc(NC(=O)c6cc(NC(=O)c7nc(NC(=O)c8nccn8C)cn7C)cn6C)cn5C)cn4C)cn3C)cn2C)cc1C(=O)NCCCON. The van der Waals surface area contributed by atoms with Crippen LogP contribution in [0.5, 0.6) is 0 Å². The highest BCUT2D eigenvalue weighted by atomic mass is 16.6. The van der Waals surface area contributed by atoms with Crippen LogP contribution < -0.4 is 59.5 Å². The predicted molar refractivity (Wildman–Crippen MR) is 305 cm³/mol. The second-order valence-electron chi connectivity index (χ2n) is 19.5. The molecular formula is C52H62N22O10. The molecule has 84 heavy (non-hydrogen) atoms. The summed E-state index contributed by atoms with van der Waals surface area (Å²) >= 11 is 0. The van der Waals surface area contributed by atoms with Crippen LogP contribution in [-0.4, -0.2) is 130 Å². The van der Waals surface area contributed by atoms with E-state index in [-0.39, 0.29) is 88.7 Å². The van der Waals surface area contributed by atoms with E-state index in [1.165, 1.54) is 99.5 Å². The summed E-state index contributed by atoms with van der Waals surface area (Å²) in [6.07, 6.45) is 14.2. The summed E-state index contributed by atoms with van der Waals surface area (Å²) < 4.78 is 12.0. The van der Waals surface area contributed by atoms with Crippen LogP contribution in [0.25, 0.3) is 0 Å². The number of imidazole rings is 3. The molecule has 0 spiro atoms. The highest BCUT2D eigenvalue weighted by Gasteiger charge is 2.25. The lowest BCUT2D eigenvalue weighted by molar-refractivity contribution is -0.117. The number of aromatic nitrogens is 11. The van der Waals surface area contributed by atoms with Crippen molar-refractivity contribution in [2.45, 2.75) is 18.9 Å². The average Bonchev–Trinajstić information content (AvgIpc) is 4.51. The predicted octanol–water partition coefficient (Wildman–Crippen LogP) is 1.19. The van der Waals surface area contributed by atoms with Gasteiger partial charge < -0.3 is 95.0 Å². The highest BCUT2D eigenvalue weighted by molar-refractivity contribution is 6.10. The summed E-state index contributed by atoms with van der Waals surface area (Å²) in [4.78, 5) is 135. The first-order chi connectivity index (χ1) is 40.0. The summed E-state index contributed by atoms with van der Waals surface area (Å²) in [6, 6.07) is 6.28. The van der Waals surface area contributed by atoms with E-state index in [0.29, 0.717) is 35.7 Å². The van der Waals surface area contributed by atoms with Crippen molar-refractivity contribution >= 4 is 93.2 Å². The van der Waals surface area contributed by atoms with Gasteiger partial charge >= 0.3 is 0 Å². The lowest BCUT2D eigenvalue weighted by Crippen LogP contribution is -2.39. The van der Waals surface area contributed by atoms with Gasteiger partial charge in [0.05, 0.1) is 41.1 Å². The fraction of sp³-hybridized carbons (Fsp3) is 0.269. The van der Waals surface area contributed by atoms with Crippen LogP contribution in [0.1, 0.15) is 97.1 Å². The van der Waals surface area contributed by atoms with Crippen molar-refractivity contribution in [1.82, 2.24) is 62.1 Å². The quantitative estimate of drug-likeness (QED) is 0.0317. The Labute approximate surface area is 477 Å². The number of hydrogen-bond acceptors (Lipinski definition) is 15. The van der Waals surface area contributed by atoms with Crippen LogP contribution in [0.15, 0.2) is 86.1 Å². The summed E-state index contributed by atoms with van der Waals surface area (Å²) in [5.74, 6) is 0.401. The van der Waals surface area contributed by atoms with Crippen molar-refractivity contribution in [3.63, 3.8) is 0 Å². The Morgan fingerprint density at radius 3 is 1.18 bits per heavy atom. The number of hydrogen-bond donors (Lipinski definition) is 11. The van der Waals surface area contributed by atoms with Gasteiger partial charge in [0.2, 0.25) is 17.6 Å². The maximum Gasteiger partial charge on any atom is 0.292 e.